The first kappa shape index (κ1) is 17.9. The van der Waals surface area contributed by atoms with Crippen LogP contribution in [0, 0.1) is 5.21 Å². The van der Waals surface area contributed by atoms with Crippen LogP contribution in [0.15, 0.2) is 24.3 Å². The number of hydrogen-bond acceptors (Lipinski definition) is 5. The number of ether oxygens (including phenoxy) is 4. The van der Waals surface area contributed by atoms with E-state index in [4.69, 9.17) is 18.9 Å². The molecule has 2 aromatic carbocycles. The van der Waals surface area contributed by atoms with Crippen LogP contribution in [-0.2, 0) is 19.4 Å². The number of quaternary nitrogens is 1. The second-order valence-electron chi connectivity index (χ2n) is 7.15. The van der Waals surface area contributed by atoms with Crippen LogP contribution in [0.3, 0.4) is 0 Å². The van der Waals surface area contributed by atoms with E-state index in [9.17, 15) is 5.21 Å². The molecule has 0 bridgehead atoms. The van der Waals surface area contributed by atoms with Gasteiger partial charge in [0, 0.05) is 18.4 Å². The fourth-order valence-corrected chi connectivity index (χ4v) is 4.52. The molecule has 0 radical (unpaired) electrons. The van der Waals surface area contributed by atoms with Crippen LogP contribution in [0.2, 0.25) is 0 Å². The molecular weight excluding hydrogens is 346 g/mol. The van der Waals surface area contributed by atoms with Crippen molar-refractivity contribution >= 4 is 0 Å². The third-order valence-corrected chi connectivity index (χ3v) is 5.92. The summed E-state index contributed by atoms with van der Waals surface area (Å²) in [5.41, 5.74) is 4.34. The van der Waals surface area contributed by atoms with E-state index in [1.807, 2.05) is 18.2 Å². The van der Waals surface area contributed by atoms with Gasteiger partial charge in [0.25, 0.3) is 0 Å². The summed E-state index contributed by atoms with van der Waals surface area (Å²) in [7, 11) is 6.51. The van der Waals surface area contributed by atoms with Crippen LogP contribution in [0.25, 0.3) is 0 Å². The molecule has 2 aliphatic rings. The zero-order valence-corrected chi connectivity index (χ0v) is 16.2. The normalized spacial score (nSPS) is 22.9. The van der Waals surface area contributed by atoms with E-state index in [0.29, 0.717) is 42.5 Å². The Balaban J connectivity index is 1.82. The van der Waals surface area contributed by atoms with Crippen molar-refractivity contribution in [2.75, 3.05) is 35.0 Å². The summed E-state index contributed by atoms with van der Waals surface area (Å²) >= 11 is 0. The van der Waals surface area contributed by atoms with Crippen LogP contribution in [0.1, 0.15) is 28.3 Å². The molecule has 144 valence electrons. The summed E-state index contributed by atoms with van der Waals surface area (Å²) in [4.78, 5) is 0. The van der Waals surface area contributed by atoms with Crippen molar-refractivity contribution in [1.82, 2.24) is 0 Å². The number of hydroxylamine groups is 3. The van der Waals surface area contributed by atoms with E-state index in [1.165, 1.54) is 5.56 Å². The maximum Gasteiger partial charge on any atom is 0.169 e. The fourth-order valence-electron chi connectivity index (χ4n) is 4.52. The monoisotopic (exact) mass is 371 g/mol. The highest BCUT2D eigenvalue weighted by molar-refractivity contribution is 5.53. The largest absolute Gasteiger partial charge is 0.632 e. The van der Waals surface area contributed by atoms with Crippen molar-refractivity contribution in [3.05, 3.63) is 51.7 Å². The van der Waals surface area contributed by atoms with E-state index >= 15 is 0 Å². The van der Waals surface area contributed by atoms with Gasteiger partial charge in [0.15, 0.2) is 23.0 Å². The Labute approximate surface area is 159 Å². The number of rotatable bonds is 4. The Morgan fingerprint density at radius 2 is 1.59 bits per heavy atom. The van der Waals surface area contributed by atoms with Crippen molar-refractivity contribution in [1.29, 1.82) is 0 Å². The molecule has 1 unspecified atom stereocenters. The summed E-state index contributed by atoms with van der Waals surface area (Å²) in [6.07, 6.45) is 1.39. The van der Waals surface area contributed by atoms with Gasteiger partial charge in [-0.25, -0.2) is 0 Å². The molecule has 0 saturated heterocycles. The maximum absolute atomic E-state index is 13.8. The topological polar surface area (TPSA) is 60.0 Å². The zero-order valence-electron chi connectivity index (χ0n) is 16.2. The van der Waals surface area contributed by atoms with Crippen molar-refractivity contribution in [2.24, 2.45) is 0 Å². The maximum atomic E-state index is 13.8. The number of nitrogens with zero attached hydrogens (tertiary/aromatic N) is 1. The van der Waals surface area contributed by atoms with Gasteiger partial charge in [-0.1, -0.05) is 6.07 Å². The van der Waals surface area contributed by atoms with E-state index < -0.39 is 0 Å². The van der Waals surface area contributed by atoms with Gasteiger partial charge in [-0.3, -0.25) is 0 Å². The van der Waals surface area contributed by atoms with Crippen LogP contribution in [0.4, 0.5) is 0 Å². The highest BCUT2D eigenvalue weighted by atomic mass is 16.6. The minimum atomic E-state index is -0.279. The molecule has 0 fully saturated rings. The lowest BCUT2D eigenvalue weighted by Gasteiger charge is -2.54. The first-order chi connectivity index (χ1) is 13.0. The lowest BCUT2D eigenvalue weighted by Crippen LogP contribution is -2.52. The Kier molecular flexibility index (Phi) is 4.40. The molecule has 0 aliphatic carbocycles. The molecule has 0 saturated carbocycles. The highest BCUT2D eigenvalue weighted by Crippen LogP contribution is 2.49. The van der Waals surface area contributed by atoms with E-state index in [1.54, 1.807) is 28.4 Å². The molecule has 6 heteroatoms. The van der Waals surface area contributed by atoms with E-state index in [0.717, 1.165) is 23.1 Å². The van der Waals surface area contributed by atoms with Gasteiger partial charge < -0.3 is 28.8 Å². The van der Waals surface area contributed by atoms with Crippen molar-refractivity contribution in [2.45, 2.75) is 25.4 Å². The number of fused-ring (bicyclic) bond motifs is 4. The average Bonchev–Trinajstić information content (AvgIpc) is 2.70. The third-order valence-electron chi connectivity index (χ3n) is 5.92. The molecule has 6 nitrogen and oxygen atoms in total. The van der Waals surface area contributed by atoms with Gasteiger partial charge in [-0.2, -0.15) is 0 Å². The van der Waals surface area contributed by atoms with E-state index in [-0.39, 0.29) is 10.7 Å². The van der Waals surface area contributed by atoms with Crippen LogP contribution in [-0.4, -0.2) is 39.6 Å². The molecule has 4 rings (SSSR count). The number of hydrogen-bond donors (Lipinski definition) is 0. The molecule has 0 aromatic heterocycles. The predicted molar refractivity (Wildman–Crippen MR) is 101 cm³/mol. The molecule has 27 heavy (non-hydrogen) atoms. The summed E-state index contributed by atoms with van der Waals surface area (Å²) in [6.45, 7) is 0.918. The Morgan fingerprint density at radius 3 is 2.26 bits per heavy atom. The summed E-state index contributed by atoms with van der Waals surface area (Å²) in [6, 6.07) is 7.81. The fraction of sp³-hybridized carbons (Fsp3) is 0.429. The lowest BCUT2D eigenvalue weighted by atomic mass is 9.83. The number of methoxy groups -OCH3 is 4. The first-order valence-electron chi connectivity index (χ1n) is 9.10. The summed E-state index contributed by atoms with van der Waals surface area (Å²) < 4.78 is 21.6. The van der Waals surface area contributed by atoms with Crippen molar-refractivity contribution in [3.63, 3.8) is 0 Å². The minimum Gasteiger partial charge on any atom is -0.632 e. The second-order valence-corrected chi connectivity index (χ2v) is 7.15. The Hall–Kier alpha value is -2.44. The molecule has 2 atom stereocenters. The molecular formula is C21H25NO5. The smallest absolute Gasteiger partial charge is 0.169 e. The Bertz CT molecular complexity index is 881. The molecule has 0 amide bonds. The SMILES string of the molecule is COc1cc2c(cc1OC)[C@H]1Cc3ccc(OC)c(OC)c3C[N+]1([O-])CC2. The summed E-state index contributed by atoms with van der Waals surface area (Å²) in [5.74, 6) is 2.73. The van der Waals surface area contributed by atoms with Crippen LogP contribution >= 0.6 is 0 Å². The zero-order chi connectivity index (χ0) is 19.2. The quantitative estimate of drug-likeness (QED) is 0.609. The molecule has 2 aliphatic heterocycles. The summed E-state index contributed by atoms with van der Waals surface area (Å²) in [5, 5.41) is 13.8. The average molecular weight is 371 g/mol. The van der Waals surface area contributed by atoms with Gasteiger partial charge in [-0.15, -0.1) is 0 Å². The first-order valence-corrected chi connectivity index (χ1v) is 9.10. The van der Waals surface area contributed by atoms with Crippen LogP contribution in [0.5, 0.6) is 23.0 Å². The molecule has 2 aromatic rings. The van der Waals surface area contributed by atoms with Gasteiger partial charge in [0.1, 0.15) is 12.6 Å². The van der Waals surface area contributed by atoms with Crippen molar-refractivity contribution in [3.8, 4) is 23.0 Å². The second kappa shape index (κ2) is 6.62. The van der Waals surface area contributed by atoms with Crippen LogP contribution < -0.4 is 18.9 Å². The standard InChI is InChI=1S/C21H25NO5/c1-24-18-6-5-13-9-17-15-11-20(26-3)19(25-2)10-14(15)7-8-22(17,23)12-16(13)21(18)27-4/h5-6,10-11,17H,7-9,12H2,1-4H3/t17-,22?/m1/s1. The van der Waals surface area contributed by atoms with Gasteiger partial charge in [0.05, 0.1) is 40.5 Å². The van der Waals surface area contributed by atoms with Gasteiger partial charge in [-0.05, 0) is 29.3 Å². The van der Waals surface area contributed by atoms with E-state index in [2.05, 4.69) is 6.07 Å². The Morgan fingerprint density at radius 1 is 0.889 bits per heavy atom. The third kappa shape index (κ3) is 2.71. The minimum absolute atomic E-state index is 0.154. The highest BCUT2D eigenvalue weighted by Gasteiger charge is 2.42. The number of benzene rings is 2. The van der Waals surface area contributed by atoms with Crippen molar-refractivity contribution < 1.29 is 23.6 Å². The predicted octanol–water partition coefficient (Wildman–Crippen LogP) is 3.39. The molecule has 0 spiro atoms. The molecule has 2 heterocycles. The molecule has 0 N–H and O–H groups in total. The van der Waals surface area contributed by atoms with Gasteiger partial charge in [0.2, 0.25) is 0 Å². The van der Waals surface area contributed by atoms with Gasteiger partial charge >= 0.3 is 0 Å². The lowest BCUT2D eigenvalue weighted by molar-refractivity contribution is -0.928.